The molecule has 2 heterocycles. The Morgan fingerprint density at radius 1 is 1.13 bits per heavy atom. The van der Waals surface area contributed by atoms with Crippen LogP contribution in [0.15, 0.2) is 53.2 Å². The molecule has 0 aromatic heterocycles. The lowest BCUT2D eigenvalue weighted by atomic mass is 9.93. The van der Waals surface area contributed by atoms with Crippen LogP contribution in [0.4, 0.5) is 0 Å². The lowest BCUT2D eigenvalue weighted by Crippen LogP contribution is -2.39. The molecule has 1 fully saturated rings. The number of nitrogens with zero attached hydrogens (tertiary/aromatic N) is 1. The summed E-state index contributed by atoms with van der Waals surface area (Å²) in [7, 11) is 0. The van der Waals surface area contributed by atoms with Gasteiger partial charge in [0.25, 0.3) is 0 Å². The summed E-state index contributed by atoms with van der Waals surface area (Å²) in [5.74, 6) is 2.20. The van der Waals surface area contributed by atoms with Gasteiger partial charge in [-0.2, -0.15) is 0 Å². The molecule has 154 valence electrons. The summed E-state index contributed by atoms with van der Waals surface area (Å²) >= 11 is 0. The molecule has 2 aliphatic heterocycles. The number of fused-ring (bicyclic) bond motifs is 1. The Morgan fingerprint density at radius 3 is 2.73 bits per heavy atom. The van der Waals surface area contributed by atoms with Gasteiger partial charge < -0.3 is 20.5 Å². The molecule has 0 spiro atoms. The fourth-order valence-electron chi connectivity index (χ4n) is 4.30. The van der Waals surface area contributed by atoms with Gasteiger partial charge in [-0.15, -0.1) is 0 Å². The van der Waals surface area contributed by atoms with E-state index in [4.69, 9.17) is 20.2 Å². The van der Waals surface area contributed by atoms with Crippen molar-refractivity contribution >= 4 is 17.3 Å². The van der Waals surface area contributed by atoms with E-state index < -0.39 is 5.41 Å². The SMILES string of the molecule is CC1=C(c2cccc(CN)c2)CCC(NC(=O)C2(c3ccc4c(c3)OCO4)CC2)=N1. The number of hydrogen-bond donors (Lipinski definition) is 2. The molecule has 2 aromatic rings. The van der Waals surface area contributed by atoms with Gasteiger partial charge in [-0.3, -0.25) is 4.79 Å². The molecule has 6 nitrogen and oxygen atoms in total. The third-order valence-electron chi connectivity index (χ3n) is 6.23. The maximum absolute atomic E-state index is 13.1. The largest absolute Gasteiger partial charge is 0.454 e. The van der Waals surface area contributed by atoms with Gasteiger partial charge in [0.15, 0.2) is 11.5 Å². The average molecular weight is 403 g/mol. The van der Waals surface area contributed by atoms with Crippen molar-refractivity contribution < 1.29 is 14.3 Å². The minimum Gasteiger partial charge on any atom is -0.454 e. The quantitative estimate of drug-likeness (QED) is 0.816. The minimum absolute atomic E-state index is 0.0153. The van der Waals surface area contributed by atoms with E-state index in [2.05, 4.69) is 17.4 Å². The van der Waals surface area contributed by atoms with Crippen LogP contribution in [-0.4, -0.2) is 18.5 Å². The Hall–Kier alpha value is -3.12. The zero-order valence-corrected chi connectivity index (χ0v) is 17.0. The van der Waals surface area contributed by atoms with Gasteiger partial charge in [-0.1, -0.05) is 30.3 Å². The highest BCUT2D eigenvalue weighted by Crippen LogP contribution is 2.50. The van der Waals surface area contributed by atoms with Crippen molar-refractivity contribution in [3.63, 3.8) is 0 Å². The van der Waals surface area contributed by atoms with Crippen LogP contribution in [0.3, 0.4) is 0 Å². The lowest BCUT2D eigenvalue weighted by Gasteiger charge is -2.21. The monoisotopic (exact) mass is 403 g/mol. The molecule has 5 rings (SSSR count). The Labute approximate surface area is 175 Å². The third-order valence-corrected chi connectivity index (χ3v) is 6.23. The summed E-state index contributed by atoms with van der Waals surface area (Å²) in [6.07, 6.45) is 3.22. The third kappa shape index (κ3) is 3.27. The van der Waals surface area contributed by atoms with E-state index in [0.29, 0.717) is 18.7 Å². The number of allylic oxidation sites excluding steroid dienone is 2. The van der Waals surface area contributed by atoms with E-state index in [-0.39, 0.29) is 12.7 Å². The number of hydrogen-bond acceptors (Lipinski definition) is 5. The highest BCUT2D eigenvalue weighted by molar-refractivity contribution is 6.05. The number of amidine groups is 1. The summed E-state index contributed by atoms with van der Waals surface area (Å²) in [5, 5.41) is 3.10. The van der Waals surface area contributed by atoms with Gasteiger partial charge in [-0.25, -0.2) is 4.99 Å². The molecule has 0 saturated heterocycles. The van der Waals surface area contributed by atoms with Gasteiger partial charge in [0.05, 0.1) is 5.41 Å². The van der Waals surface area contributed by atoms with Crippen LogP contribution in [0.25, 0.3) is 5.57 Å². The summed E-state index contributed by atoms with van der Waals surface area (Å²) in [5.41, 5.74) is 10.7. The van der Waals surface area contributed by atoms with Crippen LogP contribution in [0.2, 0.25) is 0 Å². The number of ether oxygens (including phenoxy) is 2. The number of nitrogens with two attached hydrogens (primary N) is 1. The van der Waals surface area contributed by atoms with Gasteiger partial charge in [0.1, 0.15) is 5.84 Å². The van der Waals surface area contributed by atoms with Crippen molar-refractivity contribution in [3.05, 3.63) is 64.9 Å². The summed E-state index contributed by atoms with van der Waals surface area (Å²) < 4.78 is 10.9. The Balaban J connectivity index is 1.35. The number of benzene rings is 2. The summed E-state index contributed by atoms with van der Waals surface area (Å²) in [6, 6.07) is 14.1. The number of amides is 1. The topological polar surface area (TPSA) is 85.9 Å². The molecule has 30 heavy (non-hydrogen) atoms. The first-order valence-electron chi connectivity index (χ1n) is 10.4. The van der Waals surface area contributed by atoms with Gasteiger partial charge in [-0.05, 0) is 60.6 Å². The second-order valence-corrected chi connectivity index (χ2v) is 8.13. The van der Waals surface area contributed by atoms with Crippen molar-refractivity contribution in [2.75, 3.05) is 6.79 Å². The van der Waals surface area contributed by atoms with Crippen LogP contribution in [0.5, 0.6) is 11.5 Å². The second kappa shape index (κ2) is 7.29. The van der Waals surface area contributed by atoms with Crippen molar-refractivity contribution in [2.24, 2.45) is 10.7 Å². The fraction of sp³-hybridized carbons (Fsp3) is 0.333. The summed E-state index contributed by atoms with van der Waals surface area (Å²) in [4.78, 5) is 17.9. The van der Waals surface area contributed by atoms with E-state index in [1.165, 1.54) is 5.57 Å². The zero-order valence-electron chi connectivity index (χ0n) is 17.0. The van der Waals surface area contributed by atoms with Crippen LogP contribution in [0.1, 0.15) is 49.3 Å². The standard InChI is InChI=1S/C24H25N3O3/c1-15-19(17-4-2-3-16(11-17)13-25)6-8-22(26-15)27-23(28)24(9-10-24)18-5-7-20-21(12-18)30-14-29-20/h2-5,7,11-12H,6,8-10,13-14,25H2,1H3,(H,26,27,28). The maximum Gasteiger partial charge on any atom is 0.235 e. The van der Waals surface area contributed by atoms with Crippen LogP contribution < -0.4 is 20.5 Å². The van der Waals surface area contributed by atoms with E-state index in [9.17, 15) is 4.79 Å². The maximum atomic E-state index is 13.1. The van der Waals surface area contributed by atoms with Crippen molar-refractivity contribution in [1.29, 1.82) is 0 Å². The first kappa shape index (κ1) is 18.9. The molecule has 1 saturated carbocycles. The molecule has 0 unspecified atom stereocenters. The zero-order chi connectivity index (χ0) is 20.7. The Bertz CT molecular complexity index is 1080. The molecule has 0 atom stereocenters. The first-order valence-corrected chi connectivity index (χ1v) is 10.4. The molecule has 2 aromatic carbocycles. The predicted octanol–water partition coefficient (Wildman–Crippen LogP) is 3.65. The average Bonchev–Trinajstić information content (AvgIpc) is 3.45. The number of carbonyl (C=O) groups is 1. The molecular formula is C24H25N3O3. The summed E-state index contributed by atoms with van der Waals surface area (Å²) in [6.45, 7) is 2.75. The molecule has 3 N–H and O–H groups in total. The molecule has 1 amide bonds. The first-order chi connectivity index (χ1) is 14.6. The van der Waals surface area contributed by atoms with E-state index in [0.717, 1.165) is 53.2 Å². The molecular weight excluding hydrogens is 378 g/mol. The van der Waals surface area contributed by atoms with Gasteiger partial charge in [0.2, 0.25) is 12.7 Å². The number of rotatable bonds is 4. The highest BCUT2D eigenvalue weighted by atomic mass is 16.7. The molecule has 1 aliphatic carbocycles. The van der Waals surface area contributed by atoms with Crippen LogP contribution in [-0.2, 0) is 16.8 Å². The highest BCUT2D eigenvalue weighted by Gasteiger charge is 2.52. The van der Waals surface area contributed by atoms with Gasteiger partial charge >= 0.3 is 0 Å². The molecule has 0 radical (unpaired) electrons. The Kier molecular flexibility index (Phi) is 4.59. The van der Waals surface area contributed by atoms with Crippen LogP contribution in [0, 0.1) is 0 Å². The number of carbonyl (C=O) groups excluding carboxylic acids is 1. The predicted molar refractivity (Wildman–Crippen MR) is 115 cm³/mol. The fourth-order valence-corrected chi connectivity index (χ4v) is 4.30. The smallest absolute Gasteiger partial charge is 0.235 e. The molecule has 0 bridgehead atoms. The van der Waals surface area contributed by atoms with Crippen molar-refractivity contribution in [1.82, 2.24) is 5.32 Å². The minimum atomic E-state index is -0.489. The second-order valence-electron chi connectivity index (χ2n) is 8.13. The molecule has 3 aliphatic rings. The van der Waals surface area contributed by atoms with E-state index in [1.54, 1.807) is 0 Å². The van der Waals surface area contributed by atoms with E-state index >= 15 is 0 Å². The normalized spacial score (nSPS) is 18.8. The van der Waals surface area contributed by atoms with E-state index in [1.807, 2.05) is 37.3 Å². The number of nitrogens with one attached hydrogen (secondary N) is 1. The van der Waals surface area contributed by atoms with Gasteiger partial charge in [0, 0.05) is 18.7 Å². The van der Waals surface area contributed by atoms with Crippen LogP contribution >= 0.6 is 0 Å². The molecule has 6 heteroatoms. The Morgan fingerprint density at radius 2 is 1.97 bits per heavy atom. The number of aliphatic imine (C=N–C) groups is 1. The van der Waals surface area contributed by atoms with Crippen molar-refractivity contribution in [2.45, 2.75) is 44.6 Å². The van der Waals surface area contributed by atoms with Crippen molar-refractivity contribution in [3.8, 4) is 11.5 Å². The lowest BCUT2D eigenvalue weighted by molar-refractivity contribution is -0.122.